The van der Waals surface area contributed by atoms with E-state index >= 15 is 0 Å². The van der Waals surface area contributed by atoms with Crippen LogP contribution in [0.5, 0.6) is 11.5 Å². The lowest BCUT2D eigenvalue weighted by Crippen LogP contribution is -2.26. The van der Waals surface area contributed by atoms with Gasteiger partial charge in [0.2, 0.25) is 5.91 Å². The molecule has 0 saturated carbocycles. The van der Waals surface area contributed by atoms with Gasteiger partial charge >= 0.3 is 0 Å². The van der Waals surface area contributed by atoms with E-state index in [2.05, 4.69) is 15.6 Å². The highest BCUT2D eigenvalue weighted by atomic mass is 16.5. The molecule has 0 unspecified atom stereocenters. The maximum Gasteiger partial charge on any atom is 0.261 e. The second-order valence-corrected chi connectivity index (χ2v) is 7.42. The zero-order valence-corrected chi connectivity index (χ0v) is 19.0. The summed E-state index contributed by atoms with van der Waals surface area (Å²) in [7, 11) is 3.02. The molecule has 1 heterocycles. The molecule has 2 N–H and O–H groups in total. The smallest absolute Gasteiger partial charge is 0.261 e. The predicted molar refractivity (Wildman–Crippen MR) is 126 cm³/mol. The maximum atomic E-state index is 12.9. The van der Waals surface area contributed by atoms with Crippen molar-refractivity contribution in [3.8, 4) is 11.5 Å². The number of hydrogen-bond donors (Lipinski definition) is 2. The van der Waals surface area contributed by atoms with Gasteiger partial charge in [-0.2, -0.15) is 0 Å². The fourth-order valence-corrected chi connectivity index (χ4v) is 3.39. The molecule has 0 aliphatic carbocycles. The monoisotopic (exact) mass is 452 g/mol. The number of carbonyl (C=O) groups excluding carboxylic acids is 2. The van der Waals surface area contributed by atoms with Crippen molar-refractivity contribution in [2.24, 2.45) is 0 Å². The molecule has 2 aromatic carbocycles. The Bertz CT molecular complexity index is 1210. The molecule has 0 saturated heterocycles. The molecule has 1 aromatic heterocycles. The third kappa shape index (κ3) is 5.68. The summed E-state index contributed by atoms with van der Waals surface area (Å²) in [5, 5.41) is 6.01. The van der Waals surface area contributed by atoms with Crippen LogP contribution in [-0.4, -0.2) is 42.1 Å². The Morgan fingerprint density at radius 1 is 1.09 bits per heavy atom. The normalized spacial score (nSPS) is 10.6. The zero-order valence-electron chi connectivity index (χ0n) is 19.0. The number of aryl methyl sites for hydroxylation is 1. The Morgan fingerprint density at radius 3 is 2.55 bits per heavy atom. The van der Waals surface area contributed by atoms with Gasteiger partial charge in [0.15, 0.2) is 11.5 Å². The van der Waals surface area contributed by atoms with E-state index in [0.717, 1.165) is 6.42 Å². The number of methoxy groups -OCH3 is 2. The van der Waals surface area contributed by atoms with E-state index in [9.17, 15) is 14.4 Å². The van der Waals surface area contributed by atoms with Crippen LogP contribution in [-0.2, 0) is 11.3 Å². The van der Waals surface area contributed by atoms with Gasteiger partial charge in [-0.1, -0.05) is 19.1 Å². The Hall–Kier alpha value is -3.88. The average Bonchev–Trinajstić information content (AvgIpc) is 2.83. The minimum Gasteiger partial charge on any atom is -0.493 e. The van der Waals surface area contributed by atoms with Crippen molar-refractivity contribution in [1.82, 2.24) is 14.9 Å². The van der Waals surface area contributed by atoms with Crippen LogP contribution in [0.25, 0.3) is 10.9 Å². The number of para-hydroxylation sites is 1. The van der Waals surface area contributed by atoms with Gasteiger partial charge in [-0.05, 0) is 31.0 Å². The number of amides is 2. The number of rotatable bonds is 10. The van der Waals surface area contributed by atoms with E-state index in [4.69, 9.17) is 9.47 Å². The second-order valence-electron chi connectivity index (χ2n) is 7.42. The van der Waals surface area contributed by atoms with Crippen molar-refractivity contribution in [3.05, 3.63) is 58.6 Å². The van der Waals surface area contributed by atoms with Gasteiger partial charge in [0, 0.05) is 25.6 Å². The topological polar surface area (TPSA) is 112 Å². The van der Waals surface area contributed by atoms with Crippen LogP contribution in [0.4, 0.5) is 5.69 Å². The first-order chi connectivity index (χ1) is 16.0. The first-order valence-electron chi connectivity index (χ1n) is 10.8. The Kier molecular flexibility index (Phi) is 8.01. The number of nitrogens with zero attached hydrogens (tertiary/aromatic N) is 2. The van der Waals surface area contributed by atoms with Gasteiger partial charge in [-0.15, -0.1) is 0 Å². The van der Waals surface area contributed by atoms with E-state index in [1.54, 1.807) is 36.4 Å². The highest BCUT2D eigenvalue weighted by Crippen LogP contribution is 2.29. The molecule has 0 aliphatic rings. The SMILES string of the molecule is CCCNC(=O)c1ccccc1NC(=O)CCCn1cnc2cc(OC)c(OC)cc2c1=O. The molecule has 2 amide bonds. The fraction of sp³-hybridized carbons (Fsp3) is 0.333. The van der Waals surface area contributed by atoms with Crippen LogP contribution < -0.4 is 25.7 Å². The average molecular weight is 453 g/mol. The number of carbonyl (C=O) groups is 2. The van der Waals surface area contributed by atoms with Gasteiger partial charge < -0.3 is 20.1 Å². The molecule has 0 aliphatic heterocycles. The van der Waals surface area contributed by atoms with E-state index < -0.39 is 0 Å². The third-order valence-electron chi connectivity index (χ3n) is 5.11. The van der Waals surface area contributed by atoms with Gasteiger partial charge in [-0.25, -0.2) is 4.98 Å². The number of anilines is 1. The minimum absolute atomic E-state index is 0.182. The molecule has 9 nitrogen and oxygen atoms in total. The summed E-state index contributed by atoms with van der Waals surface area (Å²) >= 11 is 0. The molecule has 3 rings (SSSR count). The lowest BCUT2D eigenvalue weighted by molar-refractivity contribution is -0.116. The van der Waals surface area contributed by atoms with E-state index in [1.165, 1.54) is 25.1 Å². The van der Waals surface area contributed by atoms with Crippen molar-refractivity contribution >= 4 is 28.4 Å². The van der Waals surface area contributed by atoms with Crippen molar-refractivity contribution < 1.29 is 19.1 Å². The van der Waals surface area contributed by atoms with E-state index in [1.807, 2.05) is 6.92 Å². The summed E-state index contributed by atoms with van der Waals surface area (Å²) < 4.78 is 12.0. The molecule has 3 aromatic rings. The standard InChI is InChI=1S/C24H28N4O5/c1-4-11-25-23(30)16-8-5-6-9-18(16)27-22(29)10-7-12-28-15-26-19-14-21(33-3)20(32-2)13-17(19)24(28)31/h5-6,8-9,13-15H,4,7,10-12H2,1-3H3,(H,25,30)(H,27,29). The van der Waals surface area contributed by atoms with Gasteiger partial charge in [-0.3, -0.25) is 19.0 Å². The molecule has 0 radical (unpaired) electrons. The molecular formula is C24H28N4O5. The predicted octanol–water partition coefficient (Wildman–Crippen LogP) is 2.97. The number of hydrogen-bond acceptors (Lipinski definition) is 6. The van der Waals surface area contributed by atoms with Crippen molar-refractivity contribution in [2.75, 3.05) is 26.1 Å². The van der Waals surface area contributed by atoms with E-state index in [0.29, 0.717) is 53.2 Å². The van der Waals surface area contributed by atoms with Crippen molar-refractivity contribution in [1.29, 1.82) is 0 Å². The maximum absolute atomic E-state index is 12.9. The molecule has 0 spiro atoms. The number of fused-ring (bicyclic) bond motifs is 1. The Morgan fingerprint density at radius 2 is 1.82 bits per heavy atom. The number of nitrogens with one attached hydrogen (secondary N) is 2. The number of aromatic nitrogens is 2. The zero-order chi connectivity index (χ0) is 23.8. The molecule has 33 heavy (non-hydrogen) atoms. The summed E-state index contributed by atoms with van der Waals surface area (Å²) in [5.74, 6) is 0.477. The summed E-state index contributed by atoms with van der Waals surface area (Å²) in [5.41, 5.74) is 1.16. The summed E-state index contributed by atoms with van der Waals surface area (Å²) in [6, 6.07) is 10.1. The molecule has 174 valence electrons. The number of benzene rings is 2. The minimum atomic E-state index is -0.237. The van der Waals surface area contributed by atoms with Crippen LogP contribution in [0.3, 0.4) is 0 Å². The van der Waals surface area contributed by atoms with Gasteiger partial charge in [0.25, 0.3) is 11.5 Å². The summed E-state index contributed by atoms with van der Waals surface area (Å²) in [6.07, 6.45) is 2.89. The van der Waals surface area contributed by atoms with Gasteiger partial charge in [0.05, 0.1) is 42.7 Å². The van der Waals surface area contributed by atoms with Crippen LogP contribution in [0, 0.1) is 0 Å². The Balaban J connectivity index is 1.65. The lowest BCUT2D eigenvalue weighted by Gasteiger charge is -2.12. The summed E-state index contributed by atoms with van der Waals surface area (Å²) in [4.78, 5) is 42.0. The molecule has 0 fully saturated rings. The van der Waals surface area contributed by atoms with Crippen LogP contribution in [0.15, 0.2) is 47.5 Å². The summed E-state index contributed by atoms with van der Waals surface area (Å²) in [6.45, 7) is 2.86. The second kappa shape index (κ2) is 11.1. The molecular weight excluding hydrogens is 424 g/mol. The van der Waals surface area contributed by atoms with Crippen molar-refractivity contribution in [2.45, 2.75) is 32.7 Å². The molecule has 0 bridgehead atoms. The van der Waals surface area contributed by atoms with Crippen LogP contribution in [0.1, 0.15) is 36.5 Å². The van der Waals surface area contributed by atoms with Crippen LogP contribution in [0.2, 0.25) is 0 Å². The third-order valence-corrected chi connectivity index (χ3v) is 5.11. The molecule has 9 heteroatoms. The van der Waals surface area contributed by atoms with Gasteiger partial charge in [0.1, 0.15) is 0 Å². The van der Waals surface area contributed by atoms with E-state index in [-0.39, 0.29) is 23.8 Å². The number of ether oxygens (including phenoxy) is 2. The van der Waals surface area contributed by atoms with Crippen LogP contribution >= 0.6 is 0 Å². The molecule has 0 atom stereocenters. The highest BCUT2D eigenvalue weighted by Gasteiger charge is 2.14. The lowest BCUT2D eigenvalue weighted by atomic mass is 10.1. The fourth-order valence-electron chi connectivity index (χ4n) is 3.39. The quantitative estimate of drug-likeness (QED) is 0.489. The Labute approximate surface area is 191 Å². The first kappa shape index (κ1) is 23.8. The largest absolute Gasteiger partial charge is 0.493 e. The van der Waals surface area contributed by atoms with Crippen molar-refractivity contribution in [3.63, 3.8) is 0 Å². The first-order valence-corrected chi connectivity index (χ1v) is 10.8. The highest BCUT2D eigenvalue weighted by molar-refractivity contribution is 6.03.